The van der Waals surface area contributed by atoms with E-state index in [1.165, 1.54) is 7.11 Å². The summed E-state index contributed by atoms with van der Waals surface area (Å²) in [6.45, 7) is 0.0426. The Bertz CT molecular complexity index is 406. The third kappa shape index (κ3) is 4.12. The van der Waals surface area contributed by atoms with Crippen LogP contribution in [0, 0.1) is 0 Å². The lowest BCUT2D eigenvalue weighted by molar-refractivity contribution is -0.122. The van der Waals surface area contributed by atoms with Crippen molar-refractivity contribution in [3.05, 3.63) is 29.8 Å². The molecule has 0 unspecified atom stereocenters. The molecule has 92 valence electrons. The van der Waals surface area contributed by atoms with E-state index < -0.39 is 12.0 Å². The zero-order chi connectivity index (χ0) is 12.7. The Balaban J connectivity index is 2.50. The van der Waals surface area contributed by atoms with Gasteiger partial charge in [0.15, 0.2) is 6.61 Å². The highest BCUT2D eigenvalue weighted by atomic mass is 16.5. The number of ether oxygens (including phenoxy) is 2. The van der Waals surface area contributed by atoms with Gasteiger partial charge in [-0.05, 0) is 6.07 Å². The zero-order valence-electron chi connectivity index (χ0n) is 9.43. The minimum absolute atomic E-state index is 0.272. The SMILES string of the molecule is COC(=O)NC(=O)COc1ccccc1CN. The number of nitrogens with two attached hydrogens (primary N) is 1. The first kappa shape index (κ1) is 13.0. The number of imide groups is 1. The number of carbonyl (C=O) groups excluding carboxylic acids is 2. The summed E-state index contributed by atoms with van der Waals surface area (Å²) in [5.41, 5.74) is 6.29. The summed E-state index contributed by atoms with van der Waals surface area (Å²) >= 11 is 0. The number of carbonyl (C=O) groups is 2. The Hall–Kier alpha value is -2.08. The predicted octanol–water partition coefficient (Wildman–Crippen LogP) is 0.407. The van der Waals surface area contributed by atoms with E-state index in [4.69, 9.17) is 10.5 Å². The van der Waals surface area contributed by atoms with Crippen molar-refractivity contribution >= 4 is 12.0 Å². The van der Waals surface area contributed by atoms with Crippen molar-refractivity contribution < 1.29 is 19.1 Å². The lowest BCUT2D eigenvalue weighted by Crippen LogP contribution is -2.34. The molecule has 1 aromatic rings. The Kier molecular flexibility index (Phi) is 4.96. The van der Waals surface area contributed by atoms with Crippen LogP contribution in [0.3, 0.4) is 0 Å². The van der Waals surface area contributed by atoms with Crippen LogP contribution in [0.1, 0.15) is 5.56 Å². The summed E-state index contributed by atoms with van der Waals surface area (Å²) in [7, 11) is 1.17. The Labute approximate surface area is 98.7 Å². The van der Waals surface area contributed by atoms with Crippen molar-refractivity contribution in [1.29, 1.82) is 0 Å². The first-order valence-electron chi connectivity index (χ1n) is 4.96. The molecule has 0 heterocycles. The highest BCUT2D eigenvalue weighted by Gasteiger charge is 2.09. The largest absolute Gasteiger partial charge is 0.483 e. The molecule has 1 aromatic carbocycles. The fourth-order valence-corrected chi connectivity index (χ4v) is 1.16. The second kappa shape index (κ2) is 6.49. The second-order valence-electron chi connectivity index (χ2n) is 3.14. The molecule has 0 bridgehead atoms. The van der Waals surface area contributed by atoms with Crippen LogP contribution in [0.4, 0.5) is 4.79 Å². The van der Waals surface area contributed by atoms with Crippen LogP contribution in [0.25, 0.3) is 0 Å². The molecule has 0 atom stereocenters. The maximum absolute atomic E-state index is 11.2. The Morgan fingerprint density at radius 2 is 2.06 bits per heavy atom. The quantitative estimate of drug-likeness (QED) is 0.792. The van der Waals surface area contributed by atoms with Crippen molar-refractivity contribution in [2.75, 3.05) is 13.7 Å². The van der Waals surface area contributed by atoms with E-state index >= 15 is 0 Å². The first-order chi connectivity index (χ1) is 8.17. The molecule has 3 N–H and O–H groups in total. The van der Waals surface area contributed by atoms with E-state index in [0.29, 0.717) is 12.3 Å². The zero-order valence-corrected chi connectivity index (χ0v) is 9.43. The van der Waals surface area contributed by atoms with Crippen LogP contribution in [-0.4, -0.2) is 25.7 Å². The molecular formula is C11H14N2O4. The summed E-state index contributed by atoms with van der Waals surface area (Å²) in [4.78, 5) is 21.9. The molecule has 0 fully saturated rings. The number of hydrogen-bond donors (Lipinski definition) is 2. The molecule has 6 nitrogen and oxygen atoms in total. The summed E-state index contributed by atoms with van der Waals surface area (Å²) in [6, 6.07) is 7.09. The van der Waals surface area contributed by atoms with Crippen molar-refractivity contribution in [3.8, 4) is 5.75 Å². The van der Waals surface area contributed by atoms with Gasteiger partial charge < -0.3 is 15.2 Å². The van der Waals surface area contributed by atoms with Crippen LogP contribution >= 0.6 is 0 Å². The molecule has 17 heavy (non-hydrogen) atoms. The fraction of sp³-hybridized carbons (Fsp3) is 0.273. The molecule has 0 aromatic heterocycles. The van der Waals surface area contributed by atoms with Crippen molar-refractivity contribution in [3.63, 3.8) is 0 Å². The van der Waals surface area contributed by atoms with Gasteiger partial charge in [0.1, 0.15) is 5.75 Å². The number of methoxy groups -OCH3 is 1. The van der Waals surface area contributed by atoms with Crippen molar-refractivity contribution in [2.24, 2.45) is 5.73 Å². The normalized spacial score (nSPS) is 9.53. The van der Waals surface area contributed by atoms with Gasteiger partial charge in [-0.1, -0.05) is 18.2 Å². The highest BCUT2D eigenvalue weighted by Crippen LogP contribution is 2.16. The number of amides is 2. The molecule has 0 aliphatic rings. The second-order valence-corrected chi connectivity index (χ2v) is 3.14. The van der Waals surface area contributed by atoms with Gasteiger partial charge in [-0.25, -0.2) is 4.79 Å². The van der Waals surface area contributed by atoms with Gasteiger partial charge in [0, 0.05) is 12.1 Å². The summed E-state index contributed by atoms with van der Waals surface area (Å²) in [5.74, 6) is -0.0568. The van der Waals surface area contributed by atoms with E-state index in [1.54, 1.807) is 18.2 Å². The number of alkyl carbamates (subject to hydrolysis) is 1. The molecule has 1 rings (SSSR count). The van der Waals surface area contributed by atoms with Gasteiger partial charge in [0.25, 0.3) is 5.91 Å². The third-order valence-corrected chi connectivity index (χ3v) is 1.98. The van der Waals surface area contributed by atoms with Crippen molar-refractivity contribution in [2.45, 2.75) is 6.54 Å². The van der Waals surface area contributed by atoms with Crippen LogP contribution in [-0.2, 0) is 16.1 Å². The van der Waals surface area contributed by atoms with Crippen LogP contribution in [0.5, 0.6) is 5.75 Å². The van der Waals surface area contributed by atoms with E-state index in [9.17, 15) is 9.59 Å². The lowest BCUT2D eigenvalue weighted by Gasteiger charge is -2.09. The molecule has 0 spiro atoms. The third-order valence-electron chi connectivity index (χ3n) is 1.98. The summed E-state index contributed by atoms with van der Waals surface area (Å²) in [5, 5.41) is 1.98. The van der Waals surface area contributed by atoms with Gasteiger partial charge >= 0.3 is 6.09 Å². The van der Waals surface area contributed by atoms with E-state index in [-0.39, 0.29) is 6.61 Å². The van der Waals surface area contributed by atoms with Gasteiger partial charge in [0.05, 0.1) is 7.11 Å². The average molecular weight is 238 g/mol. The number of rotatable bonds is 4. The number of hydrogen-bond acceptors (Lipinski definition) is 5. The molecule has 0 saturated carbocycles. The molecular weight excluding hydrogens is 224 g/mol. The number of benzene rings is 1. The van der Waals surface area contributed by atoms with Crippen molar-refractivity contribution in [1.82, 2.24) is 5.32 Å². The van der Waals surface area contributed by atoms with E-state index in [1.807, 2.05) is 11.4 Å². The molecule has 2 amide bonds. The average Bonchev–Trinajstić information content (AvgIpc) is 2.36. The highest BCUT2D eigenvalue weighted by molar-refractivity contribution is 5.92. The number of para-hydroxylation sites is 1. The van der Waals surface area contributed by atoms with Gasteiger partial charge in [-0.2, -0.15) is 0 Å². The van der Waals surface area contributed by atoms with Crippen LogP contribution in [0.2, 0.25) is 0 Å². The molecule has 0 aliphatic carbocycles. The smallest absolute Gasteiger partial charge is 0.413 e. The minimum Gasteiger partial charge on any atom is -0.483 e. The standard InChI is InChI=1S/C11H14N2O4/c1-16-11(15)13-10(14)7-17-9-5-3-2-4-8(9)6-12/h2-5H,6-7,12H2,1H3,(H,13,14,15). The predicted molar refractivity (Wildman–Crippen MR) is 60.4 cm³/mol. The molecule has 0 radical (unpaired) electrons. The Morgan fingerprint density at radius 1 is 1.35 bits per heavy atom. The summed E-state index contributed by atoms with van der Waals surface area (Å²) in [6.07, 6.45) is -0.814. The molecule has 0 saturated heterocycles. The Morgan fingerprint density at radius 3 is 2.71 bits per heavy atom. The van der Waals surface area contributed by atoms with Crippen LogP contribution in [0.15, 0.2) is 24.3 Å². The minimum atomic E-state index is -0.814. The summed E-state index contributed by atoms with van der Waals surface area (Å²) < 4.78 is 9.51. The molecule has 6 heteroatoms. The monoisotopic (exact) mass is 238 g/mol. The fourth-order valence-electron chi connectivity index (χ4n) is 1.16. The maximum atomic E-state index is 11.2. The van der Waals surface area contributed by atoms with Gasteiger partial charge in [0.2, 0.25) is 0 Å². The number of nitrogens with one attached hydrogen (secondary N) is 1. The van der Waals surface area contributed by atoms with Gasteiger partial charge in [-0.3, -0.25) is 10.1 Å². The van der Waals surface area contributed by atoms with E-state index in [0.717, 1.165) is 5.56 Å². The lowest BCUT2D eigenvalue weighted by atomic mass is 10.2. The van der Waals surface area contributed by atoms with Gasteiger partial charge in [-0.15, -0.1) is 0 Å². The van der Waals surface area contributed by atoms with E-state index in [2.05, 4.69) is 4.74 Å². The first-order valence-corrected chi connectivity index (χ1v) is 4.96. The topological polar surface area (TPSA) is 90.6 Å². The molecule has 0 aliphatic heterocycles. The van der Waals surface area contributed by atoms with Crippen LogP contribution < -0.4 is 15.8 Å². The maximum Gasteiger partial charge on any atom is 0.413 e.